The van der Waals surface area contributed by atoms with Crippen LogP contribution in [0.15, 0.2) is 41.5 Å². The van der Waals surface area contributed by atoms with Gasteiger partial charge in [-0.3, -0.25) is 9.79 Å². The average molecular weight is 400 g/mol. The summed E-state index contributed by atoms with van der Waals surface area (Å²) in [6.45, 7) is 5.14. The number of carbonyl (C=O) groups excluding carboxylic acids is 1. The number of hydrogen-bond donors (Lipinski definition) is 2. The van der Waals surface area contributed by atoms with Crippen molar-refractivity contribution in [3.05, 3.63) is 52.0 Å². The minimum Gasteiger partial charge on any atom is -0.356 e. The molecule has 0 aliphatic carbocycles. The lowest BCUT2D eigenvalue weighted by molar-refractivity contribution is -0.127. The SMILES string of the molecule is CCc1cnc(CNC(=NC)NCC2CC(=O)N(CCc3ccccc3)C2)s1. The summed E-state index contributed by atoms with van der Waals surface area (Å²) in [6.07, 6.45) is 4.46. The molecular weight excluding hydrogens is 370 g/mol. The van der Waals surface area contributed by atoms with Crippen LogP contribution in [0.2, 0.25) is 0 Å². The zero-order valence-corrected chi connectivity index (χ0v) is 17.5. The maximum absolute atomic E-state index is 12.3. The molecule has 1 saturated heterocycles. The molecule has 1 aliphatic heterocycles. The monoisotopic (exact) mass is 399 g/mol. The lowest BCUT2D eigenvalue weighted by Crippen LogP contribution is -2.40. The van der Waals surface area contributed by atoms with E-state index in [2.05, 4.69) is 39.7 Å². The number of guanidine groups is 1. The van der Waals surface area contributed by atoms with Crippen LogP contribution in [-0.4, -0.2) is 48.4 Å². The first-order valence-electron chi connectivity index (χ1n) is 9.87. The third kappa shape index (κ3) is 5.79. The fourth-order valence-electron chi connectivity index (χ4n) is 3.33. The fraction of sp³-hybridized carbons (Fsp3) is 0.476. The van der Waals surface area contributed by atoms with Crippen molar-refractivity contribution in [3.63, 3.8) is 0 Å². The van der Waals surface area contributed by atoms with Crippen LogP contribution in [0, 0.1) is 5.92 Å². The number of aliphatic imine (C=N–C) groups is 1. The summed E-state index contributed by atoms with van der Waals surface area (Å²) in [5.41, 5.74) is 1.27. The molecule has 3 rings (SSSR count). The molecule has 6 nitrogen and oxygen atoms in total. The van der Waals surface area contributed by atoms with Gasteiger partial charge in [0.05, 0.1) is 6.54 Å². The highest BCUT2D eigenvalue weighted by atomic mass is 32.1. The Hall–Kier alpha value is -2.41. The molecule has 1 unspecified atom stereocenters. The molecule has 1 aliphatic rings. The van der Waals surface area contributed by atoms with Crippen LogP contribution in [0.5, 0.6) is 0 Å². The van der Waals surface area contributed by atoms with Crippen molar-refractivity contribution >= 4 is 23.2 Å². The maximum Gasteiger partial charge on any atom is 0.223 e. The molecular formula is C21H29N5OS. The smallest absolute Gasteiger partial charge is 0.223 e. The van der Waals surface area contributed by atoms with Crippen LogP contribution in [0.3, 0.4) is 0 Å². The van der Waals surface area contributed by atoms with Gasteiger partial charge in [0.25, 0.3) is 0 Å². The summed E-state index contributed by atoms with van der Waals surface area (Å²) in [5, 5.41) is 7.72. The quantitative estimate of drug-likeness (QED) is 0.528. The zero-order valence-electron chi connectivity index (χ0n) is 16.6. The molecule has 2 heterocycles. The van der Waals surface area contributed by atoms with Crippen molar-refractivity contribution in [2.45, 2.75) is 32.7 Å². The normalized spacial score (nSPS) is 17.2. The highest BCUT2D eigenvalue weighted by Gasteiger charge is 2.29. The molecule has 1 atom stereocenters. The van der Waals surface area contributed by atoms with Crippen LogP contribution >= 0.6 is 11.3 Å². The molecule has 1 amide bonds. The molecule has 0 radical (unpaired) electrons. The summed E-state index contributed by atoms with van der Waals surface area (Å²) in [6, 6.07) is 10.3. The van der Waals surface area contributed by atoms with E-state index >= 15 is 0 Å². The Labute approximate surface area is 171 Å². The van der Waals surface area contributed by atoms with Gasteiger partial charge in [-0.1, -0.05) is 37.3 Å². The van der Waals surface area contributed by atoms with Crippen LogP contribution in [0.25, 0.3) is 0 Å². The summed E-state index contributed by atoms with van der Waals surface area (Å²) in [7, 11) is 1.76. The van der Waals surface area contributed by atoms with Crippen LogP contribution in [0.4, 0.5) is 0 Å². The van der Waals surface area contributed by atoms with Gasteiger partial charge in [-0.25, -0.2) is 4.98 Å². The van der Waals surface area contributed by atoms with Crippen LogP contribution in [0.1, 0.15) is 28.8 Å². The third-order valence-corrected chi connectivity index (χ3v) is 6.09. The van der Waals surface area contributed by atoms with Crippen molar-refractivity contribution in [2.75, 3.05) is 26.7 Å². The van der Waals surface area contributed by atoms with Gasteiger partial charge < -0.3 is 15.5 Å². The van der Waals surface area contributed by atoms with E-state index in [1.54, 1.807) is 18.4 Å². The summed E-state index contributed by atoms with van der Waals surface area (Å²) in [4.78, 5) is 24.3. The number of amides is 1. The van der Waals surface area contributed by atoms with Gasteiger partial charge in [-0.15, -0.1) is 11.3 Å². The second-order valence-electron chi connectivity index (χ2n) is 7.03. The lowest BCUT2D eigenvalue weighted by Gasteiger charge is -2.17. The second-order valence-corrected chi connectivity index (χ2v) is 8.23. The molecule has 0 saturated carbocycles. The predicted molar refractivity (Wildman–Crippen MR) is 115 cm³/mol. The van der Waals surface area contributed by atoms with E-state index in [1.807, 2.05) is 29.3 Å². The van der Waals surface area contributed by atoms with Crippen molar-refractivity contribution in [3.8, 4) is 0 Å². The van der Waals surface area contributed by atoms with E-state index in [-0.39, 0.29) is 5.91 Å². The second kappa shape index (κ2) is 10.2. The maximum atomic E-state index is 12.3. The topological polar surface area (TPSA) is 69.6 Å². The Balaban J connectivity index is 1.40. The van der Waals surface area contributed by atoms with Gasteiger partial charge in [0.2, 0.25) is 5.91 Å². The first-order chi connectivity index (χ1) is 13.7. The molecule has 150 valence electrons. The van der Waals surface area contributed by atoms with Gasteiger partial charge in [0.1, 0.15) is 5.01 Å². The number of hydrogen-bond acceptors (Lipinski definition) is 4. The summed E-state index contributed by atoms with van der Waals surface area (Å²) >= 11 is 1.73. The number of rotatable bonds is 8. The largest absolute Gasteiger partial charge is 0.356 e. The summed E-state index contributed by atoms with van der Waals surface area (Å²) < 4.78 is 0. The zero-order chi connectivity index (χ0) is 19.8. The average Bonchev–Trinajstić information content (AvgIpc) is 3.33. The number of nitrogens with one attached hydrogen (secondary N) is 2. The number of nitrogens with zero attached hydrogens (tertiary/aromatic N) is 3. The number of aryl methyl sites for hydroxylation is 1. The minimum atomic E-state index is 0.251. The molecule has 1 aromatic heterocycles. The number of benzene rings is 1. The standard InChI is InChI=1S/C21H29N5OS/c1-3-18-13-23-19(28-18)14-25-21(22-2)24-12-17-11-20(27)26(15-17)10-9-16-7-5-4-6-8-16/h4-8,13,17H,3,9-12,14-15H2,1-2H3,(H2,22,24,25). The Morgan fingerprint density at radius 3 is 2.86 bits per heavy atom. The Kier molecular flexibility index (Phi) is 7.42. The minimum absolute atomic E-state index is 0.251. The van der Waals surface area contributed by atoms with Crippen LogP contribution < -0.4 is 10.6 Å². The van der Waals surface area contributed by atoms with E-state index in [1.165, 1.54) is 10.4 Å². The number of likely N-dealkylation sites (tertiary alicyclic amines) is 1. The highest BCUT2D eigenvalue weighted by molar-refractivity contribution is 7.11. The van der Waals surface area contributed by atoms with Crippen molar-refractivity contribution in [1.29, 1.82) is 0 Å². The Bertz CT molecular complexity index is 789. The van der Waals surface area contributed by atoms with Gasteiger partial charge in [-0.05, 0) is 18.4 Å². The van der Waals surface area contributed by atoms with Crippen LogP contribution in [-0.2, 0) is 24.2 Å². The lowest BCUT2D eigenvalue weighted by atomic mass is 10.1. The Morgan fingerprint density at radius 1 is 1.32 bits per heavy atom. The van der Waals surface area contributed by atoms with E-state index in [4.69, 9.17) is 0 Å². The molecule has 28 heavy (non-hydrogen) atoms. The fourth-order valence-corrected chi connectivity index (χ4v) is 4.13. The first kappa shape index (κ1) is 20.3. The molecule has 0 bridgehead atoms. The molecule has 0 spiro atoms. The van der Waals surface area contributed by atoms with E-state index in [0.29, 0.717) is 18.9 Å². The van der Waals surface area contributed by atoms with E-state index in [9.17, 15) is 4.79 Å². The van der Waals surface area contributed by atoms with Crippen molar-refractivity contribution in [1.82, 2.24) is 20.5 Å². The number of thiazole rings is 1. The van der Waals surface area contributed by atoms with Crippen molar-refractivity contribution in [2.24, 2.45) is 10.9 Å². The van der Waals surface area contributed by atoms with Gasteiger partial charge >= 0.3 is 0 Å². The molecule has 7 heteroatoms. The van der Waals surface area contributed by atoms with Gasteiger partial charge in [0, 0.05) is 50.1 Å². The van der Waals surface area contributed by atoms with Gasteiger partial charge in [-0.2, -0.15) is 0 Å². The summed E-state index contributed by atoms with van der Waals surface area (Å²) in [5.74, 6) is 1.32. The predicted octanol–water partition coefficient (Wildman–Crippen LogP) is 2.46. The third-order valence-electron chi connectivity index (χ3n) is 4.95. The highest BCUT2D eigenvalue weighted by Crippen LogP contribution is 2.18. The number of aromatic nitrogens is 1. The number of carbonyl (C=O) groups is 1. The molecule has 2 aromatic rings. The van der Waals surface area contributed by atoms with E-state index in [0.717, 1.165) is 43.4 Å². The van der Waals surface area contributed by atoms with E-state index < -0.39 is 0 Å². The molecule has 1 aromatic carbocycles. The first-order valence-corrected chi connectivity index (χ1v) is 10.7. The van der Waals surface area contributed by atoms with Gasteiger partial charge in [0.15, 0.2) is 5.96 Å². The van der Waals surface area contributed by atoms with Crippen molar-refractivity contribution < 1.29 is 4.79 Å². The Morgan fingerprint density at radius 2 is 2.14 bits per heavy atom. The molecule has 1 fully saturated rings. The molecule has 2 N–H and O–H groups in total.